The number of halogens is 2. The molecule has 0 amide bonds. The molecular formula is C118H138Cl2N10O18S2. The lowest BCUT2D eigenvalue weighted by molar-refractivity contribution is -0.140. The maximum Gasteiger partial charge on any atom is 0.173 e. The summed E-state index contributed by atoms with van der Waals surface area (Å²) in [6.07, 6.45) is 0. The van der Waals surface area contributed by atoms with E-state index in [4.69, 9.17) is 100 Å². The lowest BCUT2D eigenvalue weighted by atomic mass is 10.1. The fraction of sp³-hybridized carbons (Fsp3) is 0.356. The van der Waals surface area contributed by atoms with Gasteiger partial charge in [-0.1, -0.05) is 137 Å². The number of nitrogens with zero attached hydrogens (tertiary/aromatic N) is 10. The summed E-state index contributed by atoms with van der Waals surface area (Å²) in [5.41, 5.74) is 11.1. The van der Waals surface area contributed by atoms with Crippen molar-refractivity contribution in [1.82, 2.24) is 48.9 Å². The van der Waals surface area contributed by atoms with E-state index in [2.05, 4.69) is 51.7 Å². The number of hydrogen-bond donors (Lipinski definition) is 0. The van der Waals surface area contributed by atoms with Crippen LogP contribution < -0.4 is 37.9 Å². The quantitative estimate of drug-likeness (QED) is 0.0343. The number of carbonyl (C=O) groups excluding carboxylic acids is 5. The second-order valence-electron chi connectivity index (χ2n) is 39.4. The SMILES string of the molecule is COc1ccc(-c2cc(COC(C)(C)C(C)=O)nn2-c2cccc(Cl)c2)s1.COc1ccc(-n2nc(COC(C)(C)C(C)=O)cc2-c2cccc(OCC(C)C)c2)cc1.COc1cccc(-n2nc(COC(C)(C)C(C)=O)cc2-c2cccc(OCC(C)C)c2)c1.COc1cccc(-n2nc(COC(C)(C)C(C)=O)cc2-c2cccc(OCC(C)C)c2)c1.COc1csc(-c2cc(COC(C)(C)C(C)=O)nn2-c2cccc(Cl)c2)c1. The molecule has 8 aromatic carbocycles. The molecule has 15 rings (SSSR count). The van der Waals surface area contributed by atoms with E-state index in [1.807, 2.05) is 271 Å². The van der Waals surface area contributed by atoms with Crippen LogP contribution in [0, 0.1) is 17.8 Å². The topological polar surface area (TPSA) is 294 Å². The fourth-order valence-corrected chi connectivity index (χ4v) is 15.9. The van der Waals surface area contributed by atoms with Crippen molar-refractivity contribution in [2.24, 2.45) is 17.8 Å². The molecule has 0 atom stereocenters. The minimum atomic E-state index is -0.871. The van der Waals surface area contributed by atoms with Crippen molar-refractivity contribution in [2.75, 3.05) is 55.4 Å². The Morgan fingerprint density at radius 1 is 0.287 bits per heavy atom. The molecule has 0 unspecified atom stereocenters. The summed E-state index contributed by atoms with van der Waals surface area (Å²) >= 11 is 15.4. The number of thiophene rings is 2. The smallest absolute Gasteiger partial charge is 0.173 e. The van der Waals surface area contributed by atoms with Gasteiger partial charge in [-0.25, -0.2) is 23.4 Å². The average Bonchev–Trinajstić information content (AvgIpc) is 1.66. The molecule has 0 aliphatic carbocycles. The largest absolute Gasteiger partial charge is 0.497 e. The van der Waals surface area contributed by atoms with Crippen LogP contribution in [-0.4, -0.2) is 161 Å². The first kappa shape index (κ1) is 117. The summed E-state index contributed by atoms with van der Waals surface area (Å²) < 4.78 is 82.9. The summed E-state index contributed by atoms with van der Waals surface area (Å²) in [7, 11) is 8.21. The van der Waals surface area contributed by atoms with Gasteiger partial charge in [-0.3, -0.25) is 24.0 Å². The van der Waals surface area contributed by atoms with Gasteiger partial charge in [0.1, 0.15) is 68.3 Å². The van der Waals surface area contributed by atoms with Gasteiger partial charge in [-0.2, -0.15) is 25.5 Å². The Morgan fingerprint density at radius 3 is 0.853 bits per heavy atom. The summed E-state index contributed by atoms with van der Waals surface area (Å²) in [6, 6.07) is 77.9. The molecule has 0 bridgehead atoms. The summed E-state index contributed by atoms with van der Waals surface area (Å²) in [5, 5.41) is 27.7. The highest BCUT2D eigenvalue weighted by Gasteiger charge is 2.32. The normalized spacial score (nSPS) is 11.6. The van der Waals surface area contributed by atoms with E-state index in [0.717, 1.165) is 157 Å². The van der Waals surface area contributed by atoms with Crippen LogP contribution in [0.2, 0.25) is 10.0 Å². The van der Waals surface area contributed by atoms with Gasteiger partial charge in [-0.15, -0.1) is 11.3 Å². The van der Waals surface area contributed by atoms with E-state index in [-0.39, 0.29) is 62.0 Å². The Balaban J connectivity index is 0.000000178. The Kier molecular flexibility index (Phi) is 41.3. The van der Waals surface area contributed by atoms with E-state index in [9.17, 15) is 24.0 Å². The van der Waals surface area contributed by atoms with Crippen LogP contribution in [0.25, 0.3) is 83.4 Å². The van der Waals surface area contributed by atoms with Crippen molar-refractivity contribution in [3.63, 3.8) is 0 Å². The van der Waals surface area contributed by atoms with Crippen molar-refractivity contribution in [2.45, 2.75) is 206 Å². The summed E-state index contributed by atoms with van der Waals surface area (Å²) in [4.78, 5) is 60.9. The van der Waals surface area contributed by atoms with Crippen LogP contribution in [-0.2, 0) is 80.7 Å². The van der Waals surface area contributed by atoms with E-state index >= 15 is 0 Å². The lowest BCUT2D eigenvalue weighted by Gasteiger charge is -2.21. The molecule has 7 aromatic heterocycles. The van der Waals surface area contributed by atoms with E-state index in [1.165, 1.54) is 46.0 Å². The van der Waals surface area contributed by atoms with Gasteiger partial charge in [0.05, 0.1) is 184 Å². The highest BCUT2D eigenvalue weighted by atomic mass is 35.5. The molecule has 150 heavy (non-hydrogen) atoms. The molecule has 28 nitrogen and oxygen atoms in total. The molecule has 15 aromatic rings. The number of benzene rings is 8. The molecule has 0 spiro atoms. The zero-order chi connectivity index (χ0) is 109. The van der Waals surface area contributed by atoms with Gasteiger partial charge in [0.15, 0.2) is 34.0 Å². The Morgan fingerprint density at radius 2 is 0.567 bits per heavy atom. The van der Waals surface area contributed by atoms with Gasteiger partial charge >= 0.3 is 0 Å². The Hall–Kier alpha value is -13.7. The van der Waals surface area contributed by atoms with Crippen LogP contribution in [0.3, 0.4) is 0 Å². The van der Waals surface area contributed by atoms with Crippen molar-refractivity contribution in [3.05, 3.63) is 287 Å². The molecule has 0 saturated carbocycles. The van der Waals surface area contributed by atoms with Gasteiger partial charge in [0, 0.05) is 50.3 Å². The number of rotatable bonds is 44. The number of methoxy groups -OCH3 is 5. The first-order chi connectivity index (χ1) is 71.2. The number of aromatic nitrogens is 10. The number of hydrogen-bond acceptors (Lipinski definition) is 25. The van der Waals surface area contributed by atoms with Crippen LogP contribution in [0.5, 0.6) is 45.3 Å². The van der Waals surface area contributed by atoms with Crippen molar-refractivity contribution < 1.29 is 85.6 Å². The van der Waals surface area contributed by atoms with Gasteiger partial charge in [-0.05, 0) is 285 Å². The zero-order valence-electron chi connectivity index (χ0n) is 90.5. The fourth-order valence-electron chi connectivity index (χ4n) is 13.8. The second-order valence-corrected chi connectivity index (χ2v) is 42.2. The third-order valence-electron chi connectivity index (χ3n) is 24.2. The molecule has 0 saturated heterocycles. The number of ketones is 5. The van der Waals surface area contributed by atoms with E-state index in [0.29, 0.717) is 47.6 Å². The third kappa shape index (κ3) is 32.9. The number of Topliss-reactive ketones (excluding diaryl/α,β-unsaturated/α-hetero) is 5. The third-order valence-corrected chi connectivity index (χ3v) is 26.7. The minimum Gasteiger partial charge on any atom is -0.497 e. The van der Waals surface area contributed by atoms with Gasteiger partial charge in [0.25, 0.3) is 0 Å². The highest BCUT2D eigenvalue weighted by molar-refractivity contribution is 7.17. The predicted molar refractivity (Wildman–Crippen MR) is 592 cm³/mol. The maximum atomic E-state index is 11.8. The van der Waals surface area contributed by atoms with Crippen molar-refractivity contribution in [1.29, 1.82) is 0 Å². The summed E-state index contributed by atoms with van der Waals surface area (Å²) in [5.74, 6) is 6.68. The van der Waals surface area contributed by atoms with Crippen molar-refractivity contribution >= 4 is 74.8 Å². The number of carbonyl (C=O) groups is 5. The molecular weight excluding hydrogens is 1980 g/mol. The van der Waals surface area contributed by atoms with Crippen LogP contribution in [0.15, 0.2) is 248 Å². The lowest BCUT2D eigenvalue weighted by Crippen LogP contribution is -2.32. The van der Waals surface area contributed by atoms with Gasteiger partial charge in [0.2, 0.25) is 0 Å². The number of ether oxygens (including phenoxy) is 13. The van der Waals surface area contributed by atoms with E-state index in [1.54, 1.807) is 116 Å². The highest BCUT2D eigenvalue weighted by Crippen LogP contribution is 2.40. The Labute approximate surface area is 898 Å². The molecule has 0 radical (unpaired) electrons. The molecule has 794 valence electrons. The van der Waals surface area contributed by atoms with Crippen LogP contribution in [0.4, 0.5) is 0 Å². The summed E-state index contributed by atoms with van der Waals surface area (Å²) in [6.45, 7) is 41.1. The molecule has 0 aliphatic rings. The van der Waals surface area contributed by atoms with Crippen LogP contribution in [0.1, 0.15) is 174 Å². The minimum absolute atomic E-state index is 0.0256. The van der Waals surface area contributed by atoms with Crippen LogP contribution >= 0.6 is 45.9 Å². The molecule has 32 heteroatoms. The van der Waals surface area contributed by atoms with Crippen molar-refractivity contribution in [3.8, 4) is 129 Å². The standard InChI is InChI=1S/3C26H32N2O4.2C20H21ClN2O3S/c2*1-18(2)16-31-24-12-7-9-20(13-24)25-14-21(17-32-26(4,5)19(3)29)27-28(25)22-10-8-11-23(15-22)30-6;1-18(2)16-31-24-9-7-8-20(14-24)25-15-21(17-32-26(4,5)19(3)29)27-28(25)22-10-12-23(30-6)13-11-22;1-13(24)20(2,3)26-11-15-9-18(19-10-17(25-4)12-27-19)23(22-15)16-7-5-6-14(21)8-16;1-13(24)20(2,3)26-12-15-11-17(18-8-9-19(25-4)27-18)23(22-15)16-7-5-6-14(21)10-16/h3*7-15,18H,16-17H2,1-6H3;5-10,12H,11H2,1-4H3;5-11H,12H2,1-4H3. The zero-order valence-corrected chi connectivity index (χ0v) is 93.6. The molecule has 0 N–H and O–H groups in total. The maximum absolute atomic E-state index is 11.8. The first-order valence-corrected chi connectivity index (χ1v) is 51.7. The Bertz CT molecular complexity index is 6710. The van der Waals surface area contributed by atoms with Gasteiger partial charge < -0.3 is 61.6 Å². The monoisotopic (exact) mass is 2120 g/mol. The first-order valence-electron chi connectivity index (χ1n) is 49.3. The molecule has 7 heterocycles. The molecule has 0 fully saturated rings. The predicted octanol–water partition coefficient (Wildman–Crippen LogP) is 26.7. The average molecular weight is 2120 g/mol. The van der Waals surface area contributed by atoms with E-state index < -0.39 is 28.0 Å². The second kappa shape index (κ2) is 53.2. The molecule has 0 aliphatic heterocycles.